The minimum absolute atomic E-state index is 0.0846. The van der Waals surface area contributed by atoms with Gasteiger partial charge in [0.1, 0.15) is 0 Å². The van der Waals surface area contributed by atoms with E-state index >= 15 is 0 Å². The van der Waals surface area contributed by atoms with E-state index in [0.717, 1.165) is 19.3 Å². The summed E-state index contributed by atoms with van der Waals surface area (Å²) in [6, 6.07) is 4.56. The molecule has 0 N–H and O–H groups in total. The molecule has 2 nitrogen and oxygen atoms in total. The van der Waals surface area contributed by atoms with Gasteiger partial charge in [-0.2, -0.15) is 0 Å². The molecule has 0 bridgehead atoms. The monoisotopic (exact) mass is 332 g/mol. The molecule has 136 valence electrons. The fourth-order valence-electron chi connectivity index (χ4n) is 3.13. The van der Waals surface area contributed by atoms with Crippen LogP contribution in [0.25, 0.3) is 0 Å². The van der Waals surface area contributed by atoms with E-state index in [1.54, 1.807) is 0 Å². The van der Waals surface area contributed by atoms with Crippen molar-refractivity contribution in [1.29, 1.82) is 0 Å². The van der Waals surface area contributed by atoms with Crippen LogP contribution in [0, 0.1) is 6.92 Å². The Kier molecular flexibility index (Phi) is 7.07. The minimum atomic E-state index is -0.0846. The topological polar surface area (TPSA) is 26.3 Å². The Morgan fingerprint density at radius 3 is 1.92 bits per heavy atom. The molecule has 0 aliphatic rings. The van der Waals surface area contributed by atoms with Crippen LogP contribution in [0.5, 0.6) is 0 Å². The van der Waals surface area contributed by atoms with Crippen LogP contribution in [0.15, 0.2) is 12.1 Å². The summed E-state index contributed by atoms with van der Waals surface area (Å²) < 4.78 is 5.28. The van der Waals surface area contributed by atoms with Gasteiger partial charge in [-0.3, -0.25) is 4.79 Å². The standard InChI is InChI=1S/C22H36O2/c1-9-10-13-24-20(23)12-11-17-14-18(21(3,4)5)16(2)19(15-17)22(6,7)8/h14-15H,9-13H2,1-8H3. The normalized spacial score (nSPS) is 12.3. The number of carbonyl (C=O) groups is 1. The van der Waals surface area contributed by atoms with Gasteiger partial charge in [0.15, 0.2) is 0 Å². The number of ether oxygens (including phenoxy) is 1. The molecule has 24 heavy (non-hydrogen) atoms. The average Bonchev–Trinajstić information content (AvgIpc) is 2.44. The van der Waals surface area contributed by atoms with Crippen molar-refractivity contribution >= 4 is 5.97 Å². The smallest absolute Gasteiger partial charge is 0.306 e. The Bertz CT molecular complexity index is 521. The molecule has 1 aromatic rings. The molecule has 0 unspecified atom stereocenters. The van der Waals surface area contributed by atoms with E-state index in [4.69, 9.17) is 4.74 Å². The molecule has 0 saturated heterocycles. The molecule has 0 amide bonds. The molecule has 0 aromatic heterocycles. The Balaban J connectivity index is 3.01. The van der Waals surface area contributed by atoms with Gasteiger partial charge in [0.2, 0.25) is 0 Å². The van der Waals surface area contributed by atoms with Crippen molar-refractivity contribution in [3.63, 3.8) is 0 Å². The lowest BCUT2D eigenvalue weighted by Gasteiger charge is -2.30. The van der Waals surface area contributed by atoms with E-state index in [-0.39, 0.29) is 16.8 Å². The zero-order valence-corrected chi connectivity index (χ0v) is 17.0. The molecule has 0 atom stereocenters. The second-order valence-electron chi connectivity index (χ2n) is 8.89. The maximum absolute atomic E-state index is 11.9. The first-order chi connectivity index (χ1) is 11.0. The number of benzene rings is 1. The van der Waals surface area contributed by atoms with Gasteiger partial charge >= 0.3 is 5.97 Å². The second-order valence-corrected chi connectivity index (χ2v) is 8.89. The van der Waals surface area contributed by atoms with Crippen LogP contribution in [-0.4, -0.2) is 12.6 Å². The zero-order chi connectivity index (χ0) is 18.5. The summed E-state index contributed by atoms with van der Waals surface area (Å²) in [5.74, 6) is -0.0846. The molecule has 1 rings (SSSR count). The number of rotatable bonds is 6. The zero-order valence-electron chi connectivity index (χ0n) is 17.0. The summed E-state index contributed by atoms with van der Waals surface area (Å²) in [5.41, 5.74) is 5.57. The average molecular weight is 333 g/mol. The van der Waals surface area contributed by atoms with E-state index in [2.05, 4.69) is 67.5 Å². The van der Waals surface area contributed by atoms with Crippen LogP contribution >= 0.6 is 0 Å². The summed E-state index contributed by atoms with van der Waals surface area (Å²) in [6.45, 7) is 18.4. The summed E-state index contributed by atoms with van der Waals surface area (Å²) >= 11 is 0. The maximum atomic E-state index is 11.9. The van der Waals surface area contributed by atoms with Crippen LogP contribution in [0.3, 0.4) is 0 Å². The van der Waals surface area contributed by atoms with Crippen molar-refractivity contribution in [2.45, 2.75) is 91.9 Å². The molecule has 0 saturated carbocycles. The summed E-state index contributed by atoms with van der Waals surface area (Å²) in [5, 5.41) is 0. The first kappa shape index (κ1) is 20.7. The largest absolute Gasteiger partial charge is 0.466 e. The highest BCUT2D eigenvalue weighted by Gasteiger charge is 2.24. The highest BCUT2D eigenvalue weighted by molar-refractivity contribution is 5.69. The van der Waals surface area contributed by atoms with Gasteiger partial charge in [0.25, 0.3) is 0 Å². The minimum Gasteiger partial charge on any atom is -0.466 e. The maximum Gasteiger partial charge on any atom is 0.306 e. The Morgan fingerprint density at radius 2 is 1.50 bits per heavy atom. The van der Waals surface area contributed by atoms with Crippen LogP contribution in [0.4, 0.5) is 0 Å². The molecule has 0 aliphatic heterocycles. The van der Waals surface area contributed by atoms with E-state index < -0.39 is 0 Å². The number of hydrogen-bond acceptors (Lipinski definition) is 2. The fourth-order valence-corrected chi connectivity index (χ4v) is 3.13. The van der Waals surface area contributed by atoms with Crippen molar-refractivity contribution in [3.8, 4) is 0 Å². The van der Waals surface area contributed by atoms with Crippen LogP contribution < -0.4 is 0 Å². The molecule has 1 aromatic carbocycles. The Labute approximate surface area is 149 Å². The van der Waals surface area contributed by atoms with Crippen LogP contribution in [0.1, 0.15) is 90.0 Å². The summed E-state index contributed by atoms with van der Waals surface area (Å²) in [6.07, 6.45) is 3.20. The van der Waals surface area contributed by atoms with Gasteiger partial charge in [0.05, 0.1) is 6.61 Å². The third-order valence-corrected chi connectivity index (χ3v) is 4.46. The van der Waals surface area contributed by atoms with Gasteiger partial charge in [-0.25, -0.2) is 0 Å². The molecular formula is C22H36O2. The van der Waals surface area contributed by atoms with Crippen LogP contribution in [0.2, 0.25) is 0 Å². The van der Waals surface area contributed by atoms with Gasteiger partial charge in [-0.05, 0) is 52.8 Å². The van der Waals surface area contributed by atoms with Gasteiger partial charge in [-0.1, -0.05) is 67.0 Å². The van der Waals surface area contributed by atoms with Crippen molar-refractivity contribution < 1.29 is 9.53 Å². The predicted octanol–water partition coefficient (Wildman–Crippen LogP) is 5.87. The van der Waals surface area contributed by atoms with Gasteiger partial charge in [0, 0.05) is 6.42 Å². The summed E-state index contributed by atoms with van der Waals surface area (Å²) in [7, 11) is 0. The lowest BCUT2D eigenvalue weighted by Crippen LogP contribution is -2.20. The number of carbonyl (C=O) groups excluding carboxylic acids is 1. The van der Waals surface area contributed by atoms with Gasteiger partial charge < -0.3 is 4.74 Å². The highest BCUT2D eigenvalue weighted by atomic mass is 16.5. The number of unbranched alkanes of at least 4 members (excludes halogenated alkanes) is 1. The number of esters is 1. The third kappa shape index (κ3) is 5.96. The SMILES string of the molecule is CCCCOC(=O)CCc1cc(C(C)(C)C)c(C)c(C(C)(C)C)c1. The van der Waals surface area contributed by atoms with E-state index in [9.17, 15) is 4.79 Å². The van der Waals surface area contributed by atoms with Crippen molar-refractivity contribution in [1.82, 2.24) is 0 Å². The molecule has 0 spiro atoms. The molecule has 2 heteroatoms. The number of hydrogen-bond donors (Lipinski definition) is 0. The first-order valence-electron chi connectivity index (χ1n) is 9.27. The van der Waals surface area contributed by atoms with Gasteiger partial charge in [-0.15, -0.1) is 0 Å². The molecule has 0 aliphatic carbocycles. The quantitative estimate of drug-likeness (QED) is 0.481. The van der Waals surface area contributed by atoms with Crippen LogP contribution in [-0.2, 0) is 26.8 Å². The van der Waals surface area contributed by atoms with Crippen molar-refractivity contribution in [2.24, 2.45) is 0 Å². The Hall–Kier alpha value is -1.31. The fraction of sp³-hybridized carbons (Fsp3) is 0.682. The second kappa shape index (κ2) is 8.18. The lowest BCUT2D eigenvalue weighted by molar-refractivity contribution is -0.143. The first-order valence-corrected chi connectivity index (χ1v) is 9.27. The highest BCUT2D eigenvalue weighted by Crippen LogP contribution is 2.34. The molecular weight excluding hydrogens is 296 g/mol. The number of aryl methyl sites for hydroxylation is 1. The third-order valence-electron chi connectivity index (χ3n) is 4.46. The summed E-state index contributed by atoms with van der Waals surface area (Å²) in [4.78, 5) is 11.9. The Morgan fingerprint density at radius 1 is 1.00 bits per heavy atom. The van der Waals surface area contributed by atoms with Crippen molar-refractivity contribution in [2.75, 3.05) is 6.61 Å². The lowest BCUT2D eigenvalue weighted by atomic mass is 9.75. The van der Waals surface area contributed by atoms with E-state index in [1.165, 1.54) is 22.3 Å². The molecule has 0 heterocycles. The van der Waals surface area contributed by atoms with E-state index in [1.807, 2.05) is 0 Å². The molecule has 0 fully saturated rings. The molecule has 0 radical (unpaired) electrons. The predicted molar refractivity (Wildman–Crippen MR) is 103 cm³/mol. The van der Waals surface area contributed by atoms with Crippen molar-refractivity contribution in [3.05, 3.63) is 34.4 Å². The van der Waals surface area contributed by atoms with E-state index in [0.29, 0.717) is 13.0 Å².